The van der Waals surface area contributed by atoms with Gasteiger partial charge in [-0.05, 0) is 23.8 Å². The highest BCUT2D eigenvalue weighted by Gasteiger charge is 2.13. The molecular weight excluding hydrogens is 341 g/mol. The summed E-state index contributed by atoms with van der Waals surface area (Å²) in [5.41, 5.74) is 1.37. The van der Waals surface area contributed by atoms with Gasteiger partial charge in [-0.25, -0.2) is 4.39 Å². The molecule has 0 atom stereocenters. The van der Waals surface area contributed by atoms with Crippen molar-refractivity contribution in [1.82, 2.24) is 5.32 Å². The summed E-state index contributed by atoms with van der Waals surface area (Å²) in [4.78, 5) is 23.7. The van der Waals surface area contributed by atoms with Crippen LogP contribution in [-0.4, -0.2) is 32.7 Å². The Balaban J connectivity index is 1.79. The molecule has 0 heterocycles. The molecule has 6 nitrogen and oxygen atoms in total. The molecule has 1 N–H and O–H groups in total. The number of hydrogen-bond donors (Lipinski definition) is 1. The fraction of sp³-hybridized carbons (Fsp3) is 0.263. The van der Waals surface area contributed by atoms with Gasteiger partial charge in [0.25, 0.3) is 5.91 Å². The lowest BCUT2D eigenvalue weighted by Gasteiger charge is -2.10. The summed E-state index contributed by atoms with van der Waals surface area (Å²) in [5, 5.41) is 2.60. The van der Waals surface area contributed by atoms with E-state index in [1.165, 1.54) is 26.4 Å². The van der Waals surface area contributed by atoms with Crippen LogP contribution in [0.5, 0.6) is 11.5 Å². The van der Waals surface area contributed by atoms with Crippen molar-refractivity contribution in [3.05, 3.63) is 59.4 Å². The van der Waals surface area contributed by atoms with Crippen LogP contribution in [0.3, 0.4) is 0 Å². The van der Waals surface area contributed by atoms with Crippen molar-refractivity contribution in [2.24, 2.45) is 0 Å². The third-order valence-electron chi connectivity index (χ3n) is 3.60. The van der Waals surface area contributed by atoms with E-state index in [2.05, 4.69) is 5.32 Å². The number of amides is 1. The molecule has 2 rings (SSSR count). The largest absolute Gasteiger partial charge is 0.497 e. The summed E-state index contributed by atoms with van der Waals surface area (Å²) in [5.74, 6) is -0.223. The third-order valence-corrected chi connectivity index (χ3v) is 3.60. The molecule has 2 aromatic rings. The van der Waals surface area contributed by atoms with Crippen LogP contribution in [0.4, 0.5) is 4.39 Å². The molecule has 0 saturated carbocycles. The number of rotatable bonds is 8. The maximum atomic E-state index is 12.8. The Hall–Kier alpha value is -3.09. The van der Waals surface area contributed by atoms with Crippen molar-refractivity contribution in [1.29, 1.82) is 0 Å². The highest BCUT2D eigenvalue weighted by molar-refractivity contribution is 5.81. The van der Waals surface area contributed by atoms with Crippen LogP contribution in [0.2, 0.25) is 0 Å². The zero-order valence-electron chi connectivity index (χ0n) is 14.6. The van der Waals surface area contributed by atoms with Gasteiger partial charge in [-0.15, -0.1) is 0 Å². The third kappa shape index (κ3) is 5.77. The van der Waals surface area contributed by atoms with Crippen molar-refractivity contribution in [3.8, 4) is 11.5 Å². The quantitative estimate of drug-likeness (QED) is 0.730. The van der Waals surface area contributed by atoms with Gasteiger partial charge < -0.3 is 19.5 Å². The number of esters is 1. The number of methoxy groups -OCH3 is 2. The van der Waals surface area contributed by atoms with Crippen molar-refractivity contribution in [2.75, 3.05) is 20.8 Å². The van der Waals surface area contributed by atoms with Crippen LogP contribution in [0, 0.1) is 5.82 Å². The van der Waals surface area contributed by atoms with Gasteiger partial charge in [0.1, 0.15) is 17.3 Å². The number of nitrogens with one attached hydrogen (secondary N) is 1. The average Bonchev–Trinajstić information content (AvgIpc) is 2.66. The topological polar surface area (TPSA) is 73.9 Å². The van der Waals surface area contributed by atoms with Crippen molar-refractivity contribution in [2.45, 2.75) is 13.0 Å². The molecule has 0 radical (unpaired) electrons. The minimum atomic E-state index is -0.551. The van der Waals surface area contributed by atoms with Crippen molar-refractivity contribution >= 4 is 11.9 Å². The first kappa shape index (κ1) is 19.2. The number of halogens is 1. The summed E-state index contributed by atoms with van der Waals surface area (Å²) in [7, 11) is 3.03. The predicted octanol–water partition coefficient (Wildman–Crippen LogP) is 2.25. The lowest BCUT2D eigenvalue weighted by Crippen LogP contribution is -2.28. The van der Waals surface area contributed by atoms with Crippen LogP contribution < -0.4 is 14.8 Å². The number of hydrogen-bond acceptors (Lipinski definition) is 5. The fourth-order valence-corrected chi connectivity index (χ4v) is 2.20. The van der Waals surface area contributed by atoms with Gasteiger partial charge in [-0.1, -0.05) is 18.2 Å². The fourth-order valence-electron chi connectivity index (χ4n) is 2.20. The summed E-state index contributed by atoms with van der Waals surface area (Å²) in [6, 6.07) is 10.8. The van der Waals surface area contributed by atoms with E-state index in [1.54, 1.807) is 30.3 Å². The van der Waals surface area contributed by atoms with Gasteiger partial charge in [0.05, 0.1) is 20.6 Å². The van der Waals surface area contributed by atoms with Gasteiger partial charge in [0.15, 0.2) is 6.61 Å². The molecule has 0 aliphatic rings. The Morgan fingerprint density at radius 3 is 2.42 bits per heavy atom. The standard InChI is InChI=1S/C19H20FNO5/c1-24-16-8-5-14(17(10-16)25-2)9-19(23)26-12-18(22)21-11-13-3-6-15(20)7-4-13/h3-8,10H,9,11-12H2,1-2H3,(H,21,22). The van der Waals surface area contributed by atoms with Gasteiger partial charge in [0, 0.05) is 18.2 Å². The maximum absolute atomic E-state index is 12.8. The Bertz CT molecular complexity index is 761. The summed E-state index contributed by atoms with van der Waals surface area (Å²) in [6.45, 7) is -0.165. The molecule has 1 amide bonds. The van der Waals surface area contributed by atoms with Crippen LogP contribution in [-0.2, 0) is 27.3 Å². The summed E-state index contributed by atoms with van der Waals surface area (Å²) in [6.07, 6.45) is -0.0294. The first-order chi connectivity index (χ1) is 12.5. The second kappa shape index (κ2) is 9.41. The van der Waals surface area contributed by atoms with Gasteiger partial charge in [0.2, 0.25) is 0 Å². The second-order valence-electron chi connectivity index (χ2n) is 5.42. The van der Waals surface area contributed by atoms with Crippen LogP contribution in [0.15, 0.2) is 42.5 Å². The molecule has 0 unspecified atom stereocenters. The first-order valence-corrected chi connectivity index (χ1v) is 7.89. The smallest absolute Gasteiger partial charge is 0.310 e. The Morgan fingerprint density at radius 1 is 1.04 bits per heavy atom. The lowest BCUT2D eigenvalue weighted by atomic mass is 10.1. The monoisotopic (exact) mass is 361 g/mol. The second-order valence-corrected chi connectivity index (χ2v) is 5.42. The zero-order valence-corrected chi connectivity index (χ0v) is 14.6. The highest BCUT2D eigenvalue weighted by atomic mass is 19.1. The number of carbonyl (C=O) groups is 2. The van der Waals surface area contributed by atoms with E-state index >= 15 is 0 Å². The predicted molar refractivity (Wildman–Crippen MR) is 92.5 cm³/mol. The molecule has 0 bridgehead atoms. The molecule has 0 fully saturated rings. The summed E-state index contributed by atoms with van der Waals surface area (Å²) < 4.78 is 28.1. The van der Waals surface area contributed by atoms with E-state index in [1.807, 2.05) is 0 Å². The highest BCUT2D eigenvalue weighted by Crippen LogP contribution is 2.25. The van der Waals surface area contributed by atoms with E-state index in [0.717, 1.165) is 5.56 Å². The molecule has 0 aliphatic heterocycles. The minimum Gasteiger partial charge on any atom is -0.497 e. The first-order valence-electron chi connectivity index (χ1n) is 7.89. The SMILES string of the molecule is COc1ccc(CC(=O)OCC(=O)NCc2ccc(F)cc2)c(OC)c1. The minimum absolute atomic E-state index is 0.0294. The molecule has 2 aromatic carbocycles. The molecular formula is C19H20FNO5. The zero-order chi connectivity index (χ0) is 18.9. The van der Waals surface area contributed by atoms with Crippen LogP contribution in [0.25, 0.3) is 0 Å². The molecule has 26 heavy (non-hydrogen) atoms. The Labute approximate surface area is 150 Å². The Kier molecular flexibility index (Phi) is 6.96. The molecule has 0 aromatic heterocycles. The van der Waals surface area contributed by atoms with Crippen molar-refractivity contribution in [3.63, 3.8) is 0 Å². The Morgan fingerprint density at radius 2 is 1.77 bits per heavy atom. The number of benzene rings is 2. The van der Waals surface area contributed by atoms with E-state index in [9.17, 15) is 14.0 Å². The molecule has 7 heteroatoms. The molecule has 138 valence electrons. The maximum Gasteiger partial charge on any atom is 0.310 e. The molecule has 0 spiro atoms. The van der Waals surface area contributed by atoms with E-state index in [-0.39, 0.29) is 18.8 Å². The summed E-state index contributed by atoms with van der Waals surface area (Å²) >= 11 is 0. The van der Waals surface area contributed by atoms with Crippen LogP contribution >= 0.6 is 0 Å². The van der Waals surface area contributed by atoms with Crippen molar-refractivity contribution < 1.29 is 28.2 Å². The van der Waals surface area contributed by atoms with E-state index < -0.39 is 18.5 Å². The average molecular weight is 361 g/mol. The number of ether oxygens (including phenoxy) is 3. The van der Waals surface area contributed by atoms with Gasteiger partial charge in [-0.3, -0.25) is 9.59 Å². The number of carbonyl (C=O) groups excluding carboxylic acids is 2. The normalized spacial score (nSPS) is 10.1. The molecule has 0 saturated heterocycles. The van der Waals surface area contributed by atoms with Crippen LogP contribution in [0.1, 0.15) is 11.1 Å². The van der Waals surface area contributed by atoms with Gasteiger partial charge >= 0.3 is 5.97 Å². The molecule has 0 aliphatic carbocycles. The van der Waals surface area contributed by atoms with Gasteiger partial charge in [-0.2, -0.15) is 0 Å². The van der Waals surface area contributed by atoms with E-state index in [0.29, 0.717) is 17.1 Å². The van der Waals surface area contributed by atoms with E-state index in [4.69, 9.17) is 14.2 Å². The lowest BCUT2D eigenvalue weighted by molar-refractivity contribution is -0.147.